The van der Waals surface area contributed by atoms with Crippen molar-refractivity contribution in [3.8, 4) is 17.5 Å². The minimum absolute atomic E-state index is 0.433. The molecular weight excluding hydrogens is 324 g/mol. The molecule has 0 aliphatic rings. The molecule has 0 aliphatic carbocycles. The molecule has 0 spiro atoms. The summed E-state index contributed by atoms with van der Waals surface area (Å²) >= 11 is 0. The summed E-state index contributed by atoms with van der Waals surface area (Å²) < 4.78 is 1.89. The minimum atomic E-state index is 0.433. The highest BCUT2D eigenvalue weighted by atomic mass is 15.2. The van der Waals surface area contributed by atoms with E-state index in [1.165, 1.54) is 0 Å². The number of fused-ring (bicyclic) bond motifs is 1. The van der Waals surface area contributed by atoms with Gasteiger partial charge in [0.05, 0.1) is 0 Å². The number of hydrogen-bond donors (Lipinski definition) is 2. The maximum atomic E-state index is 5.78. The Bertz CT molecular complexity index is 1120. The predicted molar refractivity (Wildman–Crippen MR) is 103 cm³/mol. The van der Waals surface area contributed by atoms with Crippen molar-refractivity contribution < 1.29 is 0 Å². The van der Waals surface area contributed by atoms with Gasteiger partial charge in [-0.05, 0) is 42.3 Å². The number of benzene rings is 2. The third-order valence-corrected chi connectivity index (χ3v) is 3.90. The van der Waals surface area contributed by atoms with Gasteiger partial charge in [-0.15, -0.1) is 0 Å². The molecule has 126 valence electrons. The van der Waals surface area contributed by atoms with Crippen LogP contribution in [0.3, 0.4) is 0 Å². The van der Waals surface area contributed by atoms with E-state index in [0.717, 1.165) is 11.3 Å². The van der Waals surface area contributed by atoms with Crippen LogP contribution in [0.15, 0.2) is 60.9 Å². The largest absolute Gasteiger partial charge is 0.399 e. The molecule has 6 nitrogen and oxygen atoms in total. The average Bonchev–Trinajstić information content (AvgIpc) is 3.11. The van der Waals surface area contributed by atoms with Crippen LogP contribution in [-0.2, 0) is 0 Å². The molecule has 0 unspecified atom stereocenters. The van der Waals surface area contributed by atoms with Crippen LogP contribution in [0, 0.1) is 11.8 Å². The van der Waals surface area contributed by atoms with Crippen LogP contribution in [-0.4, -0.2) is 26.6 Å². The number of nitrogens with zero attached hydrogens (tertiary/aromatic N) is 4. The van der Waals surface area contributed by atoms with Crippen LogP contribution in [0.25, 0.3) is 16.9 Å². The fourth-order valence-corrected chi connectivity index (χ4v) is 2.60. The summed E-state index contributed by atoms with van der Waals surface area (Å²) in [6.07, 6.45) is 1.72. The van der Waals surface area contributed by atoms with Gasteiger partial charge in [0.2, 0.25) is 5.82 Å². The lowest BCUT2D eigenvalue weighted by atomic mass is 10.2. The summed E-state index contributed by atoms with van der Waals surface area (Å²) in [5.74, 6) is 7.19. The zero-order valence-electron chi connectivity index (χ0n) is 14.1. The Morgan fingerprint density at radius 3 is 2.46 bits per heavy atom. The Balaban J connectivity index is 1.84. The summed E-state index contributed by atoms with van der Waals surface area (Å²) in [4.78, 5) is 13.5. The van der Waals surface area contributed by atoms with Gasteiger partial charge in [-0.2, -0.15) is 0 Å². The number of nitrogens with one attached hydrogen (secondary N) is 1. The topological polar surface area (TPSA) is 81.7 Å². The van der Waals surface area contributed by atoms with Gasteiger partial charge in [0, 0.05) is 24.0 Å². The van der Waals surface area contributed by atoms with Crippen LogP contribution in [0.4, 0.5) is 11.5 Å². The van der Waals surface area contributed by atoms with Crippen molar-refractivity contribution in [3.05, 3.63) is 72.3 Å². The first-order chi connectivity index (χ1) is 12.7. The number of nitrogen functional groups attached to an aromatic ring is 1. The zero-order chi connectivity index (χ0) is 17.9. The molecule has 0 atom stereocenters. The second-order valence-electron chi connectivity index (χ2n) is 5.64. The monoisotopic (exact) mass is 340 g/mol. The van der Waals surface area contributed by atoms with Crippen molar-refractivity contribution in [1.82, 2.24) is 19.5 Å². The molecule has 2 aromatic heterocycles. The maximum Gasteiger partial charge on any atom is 0.209 e. The van der Waals surface area contributed by atoms with E-state index in [0.29, 0.717) is 28.5 Å². The lowest BCUT2D eigenvalue weighted by Gasteiger charge is -2.05. The van der Waals surface area contributed by atoms with Crippen LogP contribution in [0.1, 0.15) is 11.4 Å². The fourth-order valence-electron chi connectivity index (χ4n) is 2.60. The summed E-state index contributed by atoms with van der Waals surface area (Å²) in [5.41, 5.74) is 9.69. The van der Waals surface area contributed by atoms with E-state index >= 15 is 0 Å². The Morgan fingerprint density at radius 1 is 0.962 bits per heavy atom. The number of imidazole rings is 1. The molecule has 6 heteroatoms. The summed E-state index contributed by atoms with van der Waals surface area (Å²) in [6.45, 7) is 0. The first kappa shape index (κ1) is 15.7. The Labute approximate surface area is 150 Å². The van der Waals surface area contributed by atoms with Gasteiger partial charge in [-0.3, -0.25) is 4.57 Å². The molecule has 26 heavy (non-hydrogen) atoms. The molecule has 0 bridgehead atoms. The smallest absolute Gasteiger partial charge is 0.209 e. The van der Waals surface area contributed by atoms with E-state index in [1.54, 1.807) is 13.4 Å². The number of rotatable bonds is 2. The van der Waals surface area contributed by atoms with Crippen molar-refractivity contribution in [2.24, 2.45) is 0 Å². The molecule has 0 saturated carbocycles. The molecule has 2 aromatic carbocycles. The summed E-state index contributed by atoms with van der Waals surface area (Å²) in [6, 6.07) is 17.3. The van der Waals surface area contributed by atoms with Gasteiger partial charge in [0.1, 0.15) is 6.33 Å². The van der Waals surface area contributed by atoms with Gasteiger partial charge in [-0.25, -0.2) is 15.0 Å². The lowest BCUT2D eigenvalue weighted by Crippen LogP contribution is -2.01. The number of aromatic nitrogens is 4. The standard InChI is InChI=1S/C20H16N6/c1-22-19-18-20(26(13-23-18)16-10-8-15(21)9-11-16)25-17(24-19)12-7-14-5-3-2-4-6-14/h2-6,8-11,13H,21H2,1H3,(H,22,24,25). The molecule has 0 aliphatic heterocycles. The van der Waals surface area contributed by atoms with Gasteiger partial charge in [-0.1, -0.05) is 24.1 Å². The van der Waals surface area contributed by atoms with Crippen molar-refractivity contribution in [2.75, 3.05) is 18.1 Å². The van der Waals surface area contributed by atoms with Gasteiger partial charge in [0.25, 0.3) is 0 Å². The normalized spacial score (nSPS) is 10.3. The van der Waals surface area contributed by atoms with Crippen molar-refractivity contribution >= 4 is 22.7 Å². The minimum Gasteiger partial charge on any atom is -0.399 e. The van der Waals surface area contributed by atoms with E-state index in [9.17, 15) is 0 Å². The van der Waals surface area contributed by atoms with E-state index in [4.69, 9.17) is 5.73 Å². The first-order valence-corrected chi connectivity index (χ1v) is 8.10. The molecule has 0 saturated heterocycles. The first-order valence-electron chi connectivity index (χ1n) is 8.10. The average molecular weight is 340 g/mol. The molecule has 2 heterocycles. The predicted octanol–water partition coefficient (Wildman–Crippen LogP) is 2.84. The van der Waals surface area contributed by atoms with Gasteiger partial charge < -0.3 is 11.1 Å². The van der Waals surface area contributed by atoms with Crippen LogP contribution < -0.4 is 11.1 Å². The molecule has 4 aromatic rings. The van der Waals surface area contributed by atoms with Crippen LogP contribution in [0.5, 0.6) is 0 Å². The Hall–Kier alpha value is -3.85. The second kappa shape index (κ2) is 6.57. The van der Waals surface area contributed by atoms with E-state index in [1.807, 2.05) is 59.2 Å². The molecule has 4 rings (SSSR count). The van der Waals surface area contributed by atoms with Gasteiger partial charge >= 0.3 is 0 Å². The van der Waals surface area contributed by atoms with Crippen LogP contribution >= 0.6 is 0 Å². The molecule has 0 amide bonds. The Morgan fingerprint density at radius 2 is 1.73 bits per heavy atom. The number of nitrogens with two attached hydrogens (primary N) is 1. The lowest BCUT2D eigenvalue weighted by molar-refractivity contribution is 1.05. The molecule has 0 fully saturated rings. The van der Waals surface area contributed by atoms with Crippen molar-refractivity contribution in [2.45, 2.75) is 0 Å². The van der Waals surface area contributed by atoms with E-state index in [-0.39, 0.29) is 0 Å². The van der Waals surface area contributed by atoms with Gasteiger partial charge in [0.15, 0.2) is 17.0 Å². The maximum absolute atomic E-state index is 5.78. The highest BCUT2D eigenvalue weighted by Crippen LogP contribution is 2.22. The van der Waals surface area contributed by atoms with E-state index < -0.39 is 0 Å². The molecular formula is C20H16N6. The van der Waals surface area contributed by atoms with Crippen molar-refractivity contribution in [3.63, 3.8) is 0 Å². The highest BCUT2D eigenvalue weighted by Gasteiger charge is 2.12. The Kier molecular flexibility index (Phi) is 3.96. The SMILES string of the molecule is CNc1nc(C#Cc2ccccc2)nc2c1ncn2-c1ccc(N)cc1. The van der Waals surface area contributed by atoms with Crippen LogP contribution in [0.2, 0.25) is 0 Å². The fraction of sp³-hybridized carbons (Fsp3) is 0.0500. The zero-order valence-corrected chi connectivity index (χ0v) is 14.1. The second-order valence-corrected chi connectivity index (χ2v) is 5.64. The number of anilines is 2. The number of hydrogen-bond acceptors (Lipinski definition) is 5. The quantitative estimate of drug-likeness (QED) is 0.433. The third-order valence-electron chi connectivity index (χ3n) is 3.90. The summed E-state index contributed by atoms with van der Waals surface area (Å²) in [7, 11) is 1.80. The molecule has 0 radical (unpaired) electrons. The van der Waals surface area contributed by atoms with Crippen molar-refractivity contribution in [1.29, 1.82) is 0 Å². The summed E-state index contributed by atoms with van der Waals surface area (Å²) in [5, 5.41) is 3.07. The molecule has 3 N–H and O–H groups in total. The third kappa shape index (κ3) is 2.94. The highest BCUT2D eigenvalue weighted by molar-refractivity contribution is 5.84. The van der Waals surface area contributed by atoms with E-state index in [2.05, 4.69) is 32.1 Å².